The van der Waals surface area contributed by atoms with Gasteiger partial charge in [-0.05, 0) is 62.4 Å². The molecule has 1 heterocycles. The van der Waals surface area contributed by atoms with Crippen LogP contribution < -0.4 is 14.4 Å². The second-order valence-electron chi connectivity index (χ2n) is 7.97. The molecule has 0 radical (unpaired) electrons. The number of hydrogen-bond donors (Lipinski definition) is 1. The van der Waals surface area contributed by atoms with Crippen molar-refractivity contribution in [2.75, 3.05) is 22.9 Å². The van der Waals surface area contributed by atoms with Gasteiger partial charge in [-0.25, -0.2) is 8.42 Å². The molecule has 7 nitrogen and oxygen atoms in total. The van der Waals surface area contributed by atoms with Crippen molar-refractivity contribution in [3.8, 4) is 5.75 Å². The van der Waals surface area contributed by atoms with Gasteiger partial charge < -0.3 is 14.6 Å². The highest BCUT2D eigenvalue weighted by molar-refractivity contribution is 7.92. The Kier molecular flexibility index (Phi) is 6.03. The third-order valence-electron chi connectivity index (χ3n) is 5.74. The Hall–Kier alpha value is -3.52. The van der Waals surface area contributed by atoms with E-state index < -0.39 is 16.1 Å². The number of carbonyl (C=O) groups excluding carboxylic acids is 1. The highest BCUT2D eigenvalue weighted by Gasteiger charge is 2.17. The van der Waals surface area contributed by atoms with Gasteiger partial charge in [0, 0.05) is 41.1 Å². The van der Waals surface area contributed by atoms with Crippen LogP contribution in [-0.4, -0.2) is 38.3 Å². The van der Waals surface area contributed by atoms with Gasteiger partial charge in [-0.2, -0.15) is 0 Å². The zero-order chi connectivity index (χ0) is 23.8. The summed E-state index contributed by atoms with van der Waals surface area (Å²) in [6.07, 6.45) is 0.400. The van der Waals surface area contributed by atoms with Crippen molar-refractivity contribution >= 4 is 49.1 Å². The number of nitrogens with zero attached hydrogens (tertiary/aromatic N) is 2. The lowest BCUT2D eigenvalue weighted by Crippen LogP contribution is -2.30. The number of benzene rings is 3. The predicted octanol–water partition coefficient (Wildman–Crippen LogP) is 4.62. The Morgan fingerprint density at radius 1 is 1.03 bits per heavy atom. The molecule has 0 aliphatic heterocycles. The number of fused-ring (bicyclic) bond motifs is 3. The molecule has 0 saturated carbocycles. The van der Waals surface area contributed by atoms with Gasteiger partial charge in [-0.1, -0.05) is 18.2 Å². The van der Waals surface area contributed by atoms with E-state index in [2.05, 4.69) is 28.9 Å². The molecule has 0 spiro atoms. The minimum Gasteiger partial charge on any atom is -0.481 e. The highest BCUT2D eigenvalue weighted by atomic mass is 32.2. The number of hydrogen-bond acceptors (Lipinski definition) is 4. The van der Waals surface area contributed by atoms with Crippen molar-refractivity contribution in [1.82, 2.24) is 4.57 Å². The van der Waals surface area contributed by atoms with Gasteiger partial charge in [0.1, 0.15) is 5.75 Å². The number of aryl methyl sites for hydroxylation is 1. The van der Waals surface area contributed by atoms with Crippen LogP contribution in [0.3, 0.4) is 0 Å². The minimum absolute atomic E-state index is 0.272. The molecule has 4 aromatic rings. The van der Waals surface area contributed by atoms with Gasteiger partial charge in [0.15, 0.2) is 6.10 Å². The predicted molar refractivity (Wildman–Crippen MR) is 134 cm³/mol. The Balaban J connectivity index is 1.49. The molecule has 1 N–H and O–H groups in total. The molecule has 3 aromatic carbocycles. The molecule has 8 heteroatoms. The van der Waals surface area contributed by atoms with Crippen molar-refractivity contribution in [3.05, 3.63) is 66.7 Å². The van der Waals surface area contributed by atoms with Crippen molar-refractivity contribution in [2.24, 2.45) is 0 Å². The molecule has 1 atom stereocenters. The van der Waals surface area contributed by atoms with Gasteiger partial charge in [-0.15, -0.1) is 0 Å². The SMILES string of the molecule is CCn1c2ccccc2c2cc(NC(=O)[C@@H](C)Oc3ccc(N(C)S(C)(=O)=O)cc3)ccc21. The van der Waals surface area contributed by atoms with E-state index in [9.17, 15) is 13.2 Å². The Morgan fingerprint density at radius 3 is 2.36 bits per heavy atom. The molecule has 0 aliphatic rings. The standard InChI is InChI=1S/C25H27N3O4S/c1-5-28-23-9-7-6-8-21(23)22-16-18(10-15-24(22)28)26-25(29)17(2)32-20-13-11-19(12-14-20)27(3)33(4,30)31/h6-17H,5H2,1-4H3,(H,26,29)/t17-/m1/s1. The van der Waals surface area contributed by atoms with Crippen molar-refractivity contribution in [2.45, 2.75) is 26.5 Å². The summed E-state index contributed by atoms with van der Waals surface area (Å²) in [4.78, 5) is 12.8. The van der Waals surface area contributed by atoms with Crippen LogP contribution in [0, 0.1) is 0 Å². The summed E-state index contributed by atoms with van der Waals surface area (Å²) in [5.41, 5.74) is 3.51. The summed E-state index contributed by atoms with van der Waals surface area (Å²) >= 11 is 0. The molecule has 1 aromatic heterocycles. The third-order valence-corrected chi connectivity index (χ3v) is 6.94. The fraction of sp³-hybridized carbons (Fsp3) is 0.240. The van der Waals surface area contributed by atoms with Crippen LogP contribution in [0.1, 0.15) is 13.8 Å². The topological polar surface area (TPSA) is 80.6 Å². The van der Waals surface area contributed by atoms with E-state index in [1.54, 1.807) is 31.2 Å². The van der Waals surface area contributed by atoms with Gasteiger partial charge in [0.05, 0.1) is 11.9 Å². The molecule has 1 amide bonds. The first-order valence-corrected chi connectivity index (χ1v) is 12.6. The number of amides is 1. The number of aromatic nitrogens is 1. The second kappa shape index (κ2) is 8.78. The first-order chi connectivity index (χ1) is 15.7. The van der Waals surface area contributed by atoms with Gasteiger partial charge >= 0.3 is 0 Å². The molecular weight excluding hydrogens is 438 g/mol. The van der Waals surface area contributed by atoms with Crippen LogP contribution in [0.4, 0.5) is 11.4 Å². The summed E-state index contributed by atoms with van der Waals surface area (Å²) in [7, 11) is -1.86. The van der Waals surface area contributed by atoms with Crippen LogP contribution in [0.2, 0.25) is 0 Å². The summed E-state index contributed by atoms with van der Waals surface area (Å²) in [5, 5.41) is 5.17. The van der Waals surface area contributed by atoms with Crippen LogP contribution in [-0.2, 0) is 21.4 Å². The zero-order valence-corrected chi connectivity index (χ0v) is 19.9. The molecule has 33 heavy (non-hydrogen) atoms. The summed E-state index contributed by atoms with van der Waals surface area (Å²) in [6, 6.07) is 20.7. The summed E-state index contributed by atoms with van der Waals surface area (Å²) in [5.74, 6) is 0.204. The number of nitrogens with one attached hydrogen (secondary N) is 1. The highest BCUT2D eigenvalue weighted by Crippen LogP contribution is 2.31. The van der Waals surface area contributed by atoms with E-state index in [4.69, 9.17) is 4.74 Å². The normalized spacial score (nSPS) is 12.6. The van der Waals surface area contributed by atoms with Gasteiger partial charge in [0.2, 0.25) is 10.0 Å². The van der Waals surface area contributed by atoms with E-state index in [0.29, 0.717) is 17.1 Å². The van der Waals surface area contributed by atoms with E-state index in [1.807, 2.05) is 30.3 Å². The maximum atomic E-state index is 12.8. The van der Waals surface area contributed by atoms with Gasteiger partial charge in [0.25, 0.3) is 5.91 Å². The largest absolute Gasteiger partial charge is 0.481 e. The van der Waals surface area contributed by atoms with E-state index in [1.165, 1.54) is 16.9 Å². The third kappa shape index (κ3) is 4.52. The van der Waals surface area contributed by atoms with Gasteiger partial charge in [-0.3, -0.25) is 9.10 Å². The first-order valence-electron chi connectivity index (χ1n) is 10.7. The van der Waals surface area contributed by atoms with Crippen LogP contribution in [0.25, 0.3) is 21.8 Å². The fourth-order valence-electron chi connectivity index (χ4n) is 3.90. The van der Waals surface area contributed by atoms with E-state index >= 15 is 0 Å². The lowest BCUT2D eigenvalue weighted by atomic mass is 10.1. The number of ether oxygens (including phenoxy) is 1. The van der Waals surface area contributed by atoms with E-state index in [0.717, 1.165) is 29.1 Å². The molecular formula is C25H27N3O4S. The lowest BCUT2D eigenvalue weighted by molar-refractivity contribution is -0.122. The quantitative estimate of drug-likeness (QED) is 0.432. The summed E-state index contributed by atoms with van der Waals surface area (Å²) in [6.45, 7) is 4.65. The zero-order valence-electron chi connectivity index (χ0n) is 19.1. The molecule has 4 rings (SSSR count). The molecule has 172 valence electrons. The van der Waals surface area contributed by atoms with Crippen molar-refractivity contribution in [1.29, 1.82) is 0 Å². The maximum absolute atomic E-state index is 12.8. The smallest absolute Gasteiger partial charge is 0.265 e. The molecule has 0 fully saturated rings. The number of rotatable bonds is 7. The Morgan fingerprint density at radius 2 is 1.70 bits per heavy atom. The van der Waals surface area contributed by atoms with Crippen LogP contribution in [0.5, 0.6) is 5.75 Å². The van der Waals surface area contributed by atoms with Crippen LogP contribution >= 0.6 is 0 Å². The monoisotopic (exact) mass is 465 g/mol. The molecule has 0 saturated heterocycles. The average Bonchev–Trinajstić information content (AvgIpc) is 3.11. The maximum Gasteiger partial charge on any atom is 0.265 e. The first kappa shape index (κ1) is 22.7. The Labute approximate surface area is 193 Å². The number of sulfonamides is 1. The lowest BCUT2D eigenvalue weighted by Gasteiger charge is -2.18. The van der Waals surface area contributed by atoms with Crippen molar-refractivity contribution < 1.29 is 17.9 Å². The van der Waals surface area contributed by atoms with Crippen LogP contribution in [0.15, 0.2) is 66.7 Å². The summed E-state index contributed by atoms with van der Waals surface area (Å²) < 4.78 is 32.5. The molecule has 0 bridgehead atoms. The molecule has 0 aliphatic carbocycles. The number of para-hydroxylation sites is 1. The van der Waals surface area contributed by atoms with Crippen molar-refractivity contribution in [3.63, 3.8) is 0 Å². The fourth-order valence-corrected chi connectivity index (χ4v) is 4.40. The second-order valence-corrected chi connectivity index (χ2v) is 9.98. The molecule has 0 unspecified atom stereocenters. The van der Waals surface area contributed by atoms with E-state index in [-0.39, 0.29) is 5.91 Å². The Bertz CT molecular complexity index is 1430. The minimum atomic E-state index is -3.34. The number of carbonyl (C=O) groups is 1. The number of anilines is 2. The average molecular weight is 466 g/mol.